The van der Waals surface area contributed by atoms with E-state index in [4.69, 9.17) is 5.11 Å². The number of nitrogens with zero attached hydrogens (tertiary/aromatic N) is 2. The van der Waals surface area contributed by atoms with Gasteiger partial charge >= 0.3 is 5.97 Å². The maximum Gasteiger partial charge on any atom is 0.308 e. The molecule has 1 aromatic heterocycles. The summed E-state index contributed by atoms with van der Waals surface area (Å²) in [5.74, 6) is -0.780. The van der Waals surface area contributed by atoms with E-state index in [0.717, 1.165) is 35.0 Å². The van der Waals surface area contributed by atoms with Crippen LogP contribution >= 0.6 is 11.3 Å². The number of hydrogen-bond donors (Lipinski definition) is 1. The highest BCUT2D eigenvalue weighted by atomic mass is 32.1. The van der Waals surface area contributed by atoms with E-state index >= 15 is 0 Å². The van der Waals surface area contributed by atoms with Crippen LogP contribution in [0.25, 0.3) is 0 Å². The molecule has 5 heteroatoms. The minimum absolute atomic E-state index is 0.0976. The third-order valence-corrected chi connectivity index (χ3v) is 3.15. The predicted molar refractivity (Wildman–Crippen MR) is 64.8 cm³/mol. The lowest BCUT2D eigenvalue weighted by molar-refractivity contribution is -0.136. The number of aliphatic carboxylic acids is 1. The molecule has 0 saturated carbocycles. The first-order valence-electron chi connectivity index (χ1n) is 5.37. The second-order valence-corrected chi connectivity index (χ2v) is 5.20. The lowest BCUT2D eigenvalue weighted by Gasteiger charge is -2.04. The monoisotopic (exact) mass is 242 g/mol. The molecule has 0 aromatic carbocycles. The molecule has 0 aliphatic carbocycles. The van der Waals surface area contributed by atoms with Crippen molar-refractivity contribution in [2.45, 2.75) is 32.7 Å². The molecule has 0 amide bonds. The van der Waals surface area contributed by atoms with Gasteiger partial charge in [-0.25, -0.2) is 4.98 Å². The zero-order chi connectivity index (χ0) is 12.1. The summed E-state index contributed by atoms with van der Waals surface area (Å²) in [6, 6.07) is 0. The molecule has 1 heterocycles. The molecule has 0 saturated heterocycles. The Morgan fingerprint density at radius 1 is 1.50 bits per heavy atom. The summed E-state index contributed by atoms with van der Waals surface area (Å²) in [4.78, 5) is 18.2. The van der Waals surface area contributed by atoms with Crippen molar-refractivity contribution in [2.75, 3.05) is 14.1 Å². The van der Waals surface area contributed by atoms with E-state index in [1.807, 2.05) is 19.0 Å². The lowest BCUT2D eigenvalue weighted by Crippen LogP contribution is -2.10. The normalized spacial score (nSPS) is 11.0. The fourth-order valence-corrected chi connectivity index (χ4v) is 2.71. The summed E-state index contributed by atoms with van der Waals surface area (Å²) in [5, 5.41) is 9.82. The fourth-order valence-electron chi connectivity index (χ4n) is 1.48. The Morgan fingerprint density at radius 2 is 2.19 bits per heavy atom. The number of thiazole rings is 1. The predicted octanol–water partition coefficient (Wildman–Crippen LogP) is 1.78. The highest BCUT2D eigenvalue weighted by molar-refractivity contribution is 7.11. The summed E-state index contributed by atoms with van der Waals surface area (Å²) in [6.07, 6.45) is 1.96. The quantitative estimate of drug-likeness (QED) is 0.826. The first-order valence-corrected chi connectivity index (χ1v) is 6.18. The van der Waals surface area contributed by atoms with E-state index < -0.39 is 5.97 Å². The third-order valence-electron chi connectivity index (χ3n) is 2.07. The molecular formula is C11H18N2O2S. The van der Waals surface area contributed by atoms with Crippen LogP contribution in [0.3, 0.4) is 0 Å². The highest BCUT2D eigenvalue weighted by Gasteiger charge is 2.13. The Balaban J connectivity index is 2.85. The van der Waals surface area contributed by atoms with E-state index in [9.17, 15) is 4.79 Å². The smallest absolute Gasteiger partial charge is 0.308 e. The first-order chi connectivity index (χ1) is 7.52. The SMILES string of the molecule is CCCc1nc(CN(C)C)sc1CC(=O)O. The lowest BCUT2D eigenvalue weighted by atomic mass is 10.2. The van der Waals surface area contributed by atoms with Crippen LogP contribution in [0.5, 0.6) is 0 Å². The highest BCUT2D eigenvalue weighted by Crippen LogP contribution is 2.21. The van der Waals surface area contributed by atoms with Crippen molar-refractivity contribution < 1.29 is 9.90 Å². The molecule has 4 nitrogen and oxygen atoms in total. The molecule has 0 aliphatic rings. The van der Waals surface area contributed by atoms with Gasteiger partial charge in [0.15, 0.2) is 0 Å². The molecule has 0 atom stereocenters. The number of carbonyl (C=O) groups is 1. The summed E-state index contributed by atoms with van der Waals surface area (Å²) >= 11 is 1.52. The number of aromatic nitrogens is 1. The molecule has 0 radical (unpaired) electrons. The van der Waals surface area contributed by atoms with Crippen LogP contribution < -0.4 is 0 Å². The van der Waals surface area contributed by atoms with Gasteiger partial charge in [-0.3, -0.25) is 4.79 Å². The third kappa shape index (κ3) is 3.90. The first kappa shape index (κ1) is 13.1. The van der Waals surface area contributed by atoms with Crippen molar-refractivity contribution in [1.29, 1.82) is 0 Å². The van der Waals surface area contributed by atoms with Gasteiger partial charge < -0.3 is 10.0 Å². The molecule has 0 fully saturated rings. The minimum Gasteiger partial charge on any atom is -0.481 e. The van der Waals surface area contributed by atoms with Crippen LogP contribution in [0.15, 0.2) is 0 Å². The van der Waals surface area contributed by atoms with Crippen molar-refractivity contribution in [1.82, 2.24) is 9.88 Å². The molecule has 1 rings (SSSR count). The van der Waals surface area contributed by atoms with Crippen LogP contribution in [0.1, 0.15) is 28.9 Å². The van der Waals surface area contributed by atoms with Crippen molar-refractivity contribution in [3.8, 4) is 0 Å². The van der Waals surface area contributed by atoms with Gasteiger partial charge in [-0.2, -0.15) is 0 Å². The molecule has 0 spiro atoms. The molecule has 1 N–H and O–H groups in total. The van der Waals surface area contributed by atoms with Gasteiger partial charge in [-0.1, -0.05) is 13.3 Å². The van der Waals surface area contributed by atoms with Gasteiger partial charge in [0.1, 0.15) is 5.01 Å². The summed E-state index contributed by atoms with van der Waals surface area (Å²) < 4.78 is 0. The maximum absolute atomic E-state index is 10.7. The Labute approximate surface area is 99.9 Å². The Morgan fingerprint density at radius 3 is 2.69 bits per heavy atom. The number of carboxylic acids is 1. The van der Waals surface area contributed by atoms with Gasteiger partial charge in [0.25, 0.3) is 0 Å². The molecular weight excluding hydrogens is 224 g/mol. The number of aryl methyl sites for hydroxylation is 1. The van der Waals surface area contributed by atoms with Crippen LogP contribution in [-0.4, -0.2) is 35.1 Å². The Bertz CT molecular complexity index is 361. The number of carboxylic acid groups (broad SMARTS) is 1. The van der Waals surface area contributed by atoms with Gasteiger partial charge in [-0.05, 0) is 20.5 Å². The van der Waals surface area contributed by atoms with Crippen molar-refractivity contribution in [3.63, 3.8) is 0 Å². The van der Waals surface area contributed by atoms with Crippen LogP contribution in [0, 0.1) is 0 Å². The van der Waals surface area contributed by atoms with E-state index in [2.05, 4.69) is 11.9 Å². The van der Waals surface area contributed by atoms with Crippen molar-refractivity contribution in [3.05, 3.63) is 15.6 Å². The van der Waals surface area contributed by atoms with Crippen LogP contribution in [0.4, 0.5) is 0 Å². The average molecular weight is 242 g/mol. The van der Waals surface area contributed by atoms with Crippen LogP contribution in [-0.2, 0) is 24.2 Å². The molecule has 0 aliphatic heterocycles. The number of rotatable bonds is 6. The van der Waals surface area contributed by atoms with Gasteiger partial charge in [0, 0.05) is 11.4 Å². The van der Waals surface area contributed by atoms with Gasteiger partial charge in [-0.15, -0.1) is 11.3 Å². The van der Waals surface area contributed by atoms with Crippen molar-refractivity contribution in [2.24, 2.45) is 0 Å². The van der Waals surface area contributed by atoms with Gasteiger partial charge in [0.2, 0.25) is 0 Å². The van der Waals surface area contributed by atoms with E-state index in [1.165, 1.54) is 11.3 Å². The topological polar surface area (TPSA) is 53.4 Å². The fraction of sp³-hybridized carbons (Fsp3) is 0.636. The molecule has 0 bridgehead atoms. The molecule has 90 valence electrons. The summed E-state index contributed by atoms with van der Waals surface area (Å²) in [5.41, 5.74) is 0.965. The molecule has 1 aromatic rings. The van der Waals surface area contributed by atoms with E-state index in [1.54, 1.807) is 0 Å². The second-order valence-electron chi connectivity index (χ2n) is 4.04. The largest absolute Gasteiger partial charge is 0.481 e. The average Bonchev–Trinajstić information content (AvgIpc) is 2.46. The van der Waals surface area contributed by atoms with E-state index in [0.29, 0.717) is 0 Å². The zero-order valence-corrected chi connectivity index (χ0v) is 10.8. The Hall–Kier alpha value is -0.940. The Kier molecular flexibility index (Phi) is 4.89. The summed E-state index contributed by atoms with van der Waals surface area (Å²) in [6.45, 7) is 2.86. The number of hydrogen-bond acceptors (Lipinski definition) is 4. The minimum atomic E-state index is -0.780. The zero-order valence-electron chi connectivity index (χ0n) is 9.99. The maximum atomic E-state index is 10.7. The summed E-state index contributed by atoms with van der Waals surface area (Å²) in [7, 11) is 3.97. The van der Waals surface area contributed by atoms with Gasteiger partial charge in [0.05, 0.1) is 12.1 Å². The second kappa shape index (κ2) is 5.96. The standard InChI is InChI=1S/C11H18N2O2S/c1-4-5-8-9(6-11(14)15)16-10(12-8)7-13(2)3/h4-7H2,1-3H3,(H,14,15). The van der Waals surface area contributed by atoms with E-state index in [-0.39, 0.29) is 6.42 Å². The van der Waals surface area contributed by atoms with Crippen molar-refractivity contribution >= 4 is 17.3 Å². The molecule has 0 unspecified atom stereocenters. The van der Waals surface area contributed by atoms with Crippen LogP contribution in [0.2, 0.25) is 0 Å². The molecule has 16 heavy (non-hydrogen) atoms.